The fraction of sp³-hybridized carbons (Fsp3) is 0.0625. The molecule has 8 heteroatoms. The number of aryl methyl sites for hydroxylation is 1. The molecular weight excluding hydrogens is 348 g/mol. The molecule has 0 aliphatic rings. The van der Waals surface area contributed by atoms with E-state index in [2.05, 4.69) is 20.8 Å². The number of H-pyrrole nitrogens is 1. The Morgan fingerprint density at radius 2 is 1.96 bits per heavy atom. The standard InChI is InChI=1S/C16H13ClN4O2S/c1-9-13(15(23)21-20-14(22)12-6-3-7-18-12)24-16(19-9)10-4-2-5-11(17)8-10/h2-8,18H,1H3,(H,20,22)(H,21,23). The Balaban J connectivity index is 1.72. The zero-order valence-electron chi connectivity index (χ0n) is 12.6. The van der Waals surface area contributed by atoms with Crippen LogP contribution in [0.25, 0.3) is 10.6 Å². The van der Waals surface area contributed by atoms with Crippen molar-refractivity contribution in [1.82, 2.24) is 20.8 Å². The molecule has 2 heterocycles. The van der Waals surface area contributed by atoms with E-state index in [1.807, 2.05) is 12.1 Å². The van der Waals surface area contributed by atoms with Gasteiger partial charge in [-0.15, -0.1) is 11.3 Å². The van der Waals surface area contributed by atoms with Gasteiger partial charge in [-0.25, -0.2) is 4.98 Å². The Morgan fingerprint density at radius 3 is 2.67 bits per heavy atom. The van der Waals surface area contributed by atoms with Crippen molar-refractivity contribution in [3.63, 3.8) is 0 Å². The molecule has 0 radical (unpaired) electrons. The smallest absolute Gasteiger partial charge is 0.286 e. The lowest BCUT2D eigenvalue weighted by atomic mass is 10.2. The minimum atomic E-state index is -0.425. The highest BCUT2D eigenvalue weighted by Gasteiger charge is 2.17. The predicted molar refractivity (Wildman–Crippen MR) is 93.0 cm³/mol. The molecule has 24 heavy (non-hydrogen) atoms. The highest BCUT2D eigenvalue weighted by Crippen LogP contribution is 2.29. The van der Waals surface area contributed by atoms with E-state index in [0.29, 0.717) is 26.3 Å². The third kappa shape index (κ3) is 3.47. The molecule has 6 nitrogen and oxygen atoms in total. The number of halogens is 1. The number of rotatable bonds is 3. The molecule has 0 saturated heterocycles. The van der Waals surface area contributed by atoms with Crippen LogP contribution in [-0.4, -0.2) is 21.8 Å². The second-order valence-electron chi connectivity index (χ2n) is 4.94. The lowest BCUT2D eigenvalue weighted by molar-refractivity contribution is 0.0846. The van der Waals surface area contributed by atoms with Gasteiger partial charge in [0.05, 0.1) is 5.69 Å². The van der Waals surface area contributed by atoms with Crippen LogP contribution in [0, 0.1) is 6.92 Å². The van der Waals surface area contributed by atoms with Crippen LogP contribution in [0.15, 0.2) is 42.6 Å². The van der Waals surface area contributed by atoms with E-state index in [0.717, 1.165) is 5.56 Å². The van der Waals surface area contributed by atoms with Crippen molar-refractivity contribution in [1.29, 1.82) is 0 Å². The summed E-state index contributed by atoms with van der Waals surface area (Å²) >= 11 is 7.22. The molecule has 2 aromatic heterocycles. The molecular formula is C16H13ClN4O2S. The number of amides is 2. The zero-order chi connectivity index (χ0) is 17.1. The van der Waals surface area contributed by atoms with Crippen molar-refractivity contribution in [2.24, 2.45) is 0 Å². The summed E-state index contributed by atoms with van der Waals surface area (Å²) in [5.74, 6) is -0.844. The van der Waals surface area contributed by atoms with E-state index >= 15 is 0 Å². The molecule has 1 aromatic carbocycles. The van der Waals surface area contributed by atoms with E-state index in [9.17, 15) is 9.59 Å². The van der Waals surface area contributed by atoms with Crippen LogP contribution in [-0.2, 0) is 0 Å². The first kappa shape index (κ1) is 16.2. The van der Waals surface area contributed by atoms with Crippen molar-refractivity contribution in [2.75, 3.05) is 0 Å². The van der Waals surface area contributed by atoms with Gasteiger partial charge in [0, 0.05) is 16.8 Å². The van der Waals surface area contributed by atoms with E-state index in [1.54, 1.807) is 37.4 Å². The van der Waals surface area contributed by atoms with Gasteiger partial charge in [0.15, 0.2) is 0 Å². The van der Waals surface area contributed by atoms with Gasteiger partial charge in [0.25, 0.3) is 11.8 Å². The Hall–Kier alpha value is -2.64. The third-order valence-corrected chi connectivity index (χ3v) is 4.65. The highest BCUT2D eigenvalue weighted by molar-refractivity contribution is 7.17. The normalized spacial score (nSPS) is 10.4. The summed E-state index contributed by atoms with van der Waals surface area (Å²) in [6.45, 7) is 1.74. The molecule has 0 aliphatic heterocycles. The quantitative estimate of drug-likeness (QED) is 0.627. The second-order valence-corrected chi connectivity index (χ2v) is 6.37. The van der Waals surface area contributed by atoms with E-state index in [4.69, 9.17) is 11.6 Å². The van der Waals surface area contributed by atoms with Crippen LogP contribution < -0.4 is 10.9 Å². The Morgan fingerprint density at radius 1 is 1.17 bits per heavy atom. The molecule has 3 N–H and O–H groups in total. The first-order valence-corrected chi connectivity index (χ1v) is 8.21. The number of hydrogen-bond acceptors (Lipinski definition) is 4. The lowest BCUT2D eigenvalue weighted by Gasteiger charge is -2.05. The van der Waals surface area contributed by atoms with Gasteiger partial charge in [-0.2, -0.15) is 0 Å². The first-order valence-electron chi connectivity index (χ1n) is 7.02. The molecule has 0 aliphatic carbocycles. The Kier molecular flexibility index (Phi) is 4.64. The number of aromatic nitrogens is 2. The van der Waals surface area contributed by atoms with Gasteiger partial charge >= 0.3 is 0 Å². The van der Waals surface area contributed by atoms with Crippen LogP contribution in [0.1, 0.15) is 25.9 Å². The third-order valence-electron chi connectivity index (χ3n) is 3.21. The van der Waals surface area contributed by atoms with Crippen LogP contribution in [0.4, 0.5) is 0 Å². The second kappa shape index (κ2) is 6.86. The molecule has 0 unspecified atom stereocenters. The molecule has 0 spiro atoms. The molecule has 2 amide bonds. The van der Waals surface area contributed by atoms with Gasteiger partial charge in [0.1, 0.15) is 15.6 Å². The van der Waals surface area contributed by atoms with Crippen LogP contribution in [0.2, 0.25) is 5.02 Å². The molecule has 3 aromatic rings. The van der Waals surface area contributed by atoms with Crippen molar-refractivity contribution < 1.29 is 9.59 Å². The van der Waals surface area contributed by atoms with Gasteiger partial charge in [0.2, 0.25) is 0 Å². The summed E-state index contributed by atoms with van der Waals surface area (Å²) in [4.78, 5) is 31.7. The van der Waals surface area contributed by atoms with Crippen molar-refractivity contribution in [3.05, 3.63) is 63.9 Å². The maximum atomic E-state index is 12.3. The fourth-order valence-electron chi connectivity index (χ4n) is 2.06. The SMILES string of the molecule is Cc1nc(-c2cccc(Cl)c2)sc1C(=O)NNC(=O)c1ccc[nH]1. The summed E-state index contributed by atoms with van der Waals surface area (Å²) in [5, 5.41) is 1.29. The van der Waals surface area contributed by atoms with Crippen LogP contribution in [0.3, 0.4) is 0 Å². The molecule has 0 fully saturated rings. The summed E-state index contributed by atoms with van der Waals surface area (Å²) < 4.78 is 0. The number of carbonyl (C=O) groups is 2. The topological polar surface area (TPSA) is 86.9 Å². The molecule has 0 saturated carbocycles. The monoisotopic (exact) mass is 360 g/mol. The van der Waals surface area contributed by atoms with Crippen molar-refractivity contribution in [2.45, 2.75) is 6.92 Å². The summed E-state index contributed by atoms with van der Waals surface area (Å²) in [5.41, 5.74) is 6.53. The molecule has 0 atom stereocenters. The fourth-order valence-corrected chi connectivity index (χ4v) is 3.21. The number of aromatic amines is 1. The molecule has 3 rings (SSSR count). The summed E-state index contributed by atoms with van der Waals surface area (Å²) in [6.07, 6.45) is 1.63. The maximum absolute atomic E-state index is 12.3. The minimum absolute atomic E-state index is 0.357. The van der Waals surface area contributed by atoms with Crippen molar-refractivity contribution in [3.8, 4) is 10.6 Å². The van der Waals surface area contributed by atoms with Gasteiger partial charge in [-0.05, 0) is 31.2 Å². The number of carbonyl (C=O) groups excluding carboxylic acids is 2. The maximum Gasteiger partial charge on any atom is 0.286 e. The van der Waals surface area contributed by atoms with Gasteiger partial charge in [-0.1, -0.05) is 23.7 Å². The number of nitrogens with zero attached hydrogens (tertiary/aromatic N) is 1. The number of thiazole rings is 1. The zero-order valence-corrected chi connectivity index (χ0v) is 14.2. The molecule has 122 valence electrons. The van der Waals surface area contributed by atoms with E-state index in [-0.39, 0.29) is 0 Å². The molecule has 0 bridgehead atoms. The summed E-state index contributed by atoms with van der Waals surface area (Å²) in [6, 6.07) is 10.6. The van der Waals surface area contributed by atoms with Gasteiger partial charge in [-0.3, -0.25) is 20.4 Å². The van der Waals surface area contributed by atoms with Crippen LogP contribution >= 0.6 is 22.9 Å². The van der Waals surface area contributed by atoms with Crippen LogP contribution in [0.5, 0.6) is 0 Å². The lowest BCUT2D eigenvalue weighted by Crippen LogP contribution is -2.41. The number of nitrogens with one attached hydrogen (secondary N) is 3. The average molecular weight is 361 g/mol. The average Bonchev–Trinajstić information content (AvgIpc) is 3.22. The number of hydrazine groups is 1. The van der Waals surface area contributed by atoms with Gasteiger partial charge < -0.3 is 4.98 Å². The van der Waals surface area contributed by atoms with E-state index < -0.39 is 11.8 Å². The predicted octanol–water partition coefficient (Wildman–Crippen LogP) is 3.17. The summed E-state index contributed by atoms with van der Waals surface area (Å²) in [7, 11) is 0. The van der Waals surface area contributed by atoms with E-state index in [1.165, 1.54) is 11.3 Å². The largest absolute Gasteiger partial charge is 0.357 e. The Bertz CT molecular complexity index is 889. The number of hydrogen-bond donors (Lipinski definition) is 3. The minimum Gasteiger partial charge on any atom is -0.357 e. The first-order chi connectivity index (χ1) is 11.5. The Labute approximate surface area is 146 Å². The highest BCUT2D eigenvalue weighted by atomic mass is 35.5. The van der Waals surface area contributed by atoms with Crippen molar-refractivity contribution >= 4 is 34.8 Å². The number of benzene rings is 1.